The fourth-order valence-corrected chi connectivity index (χ4v) is 13.4. The summed E-state index contributed by atoms with van der Waals surface area (Å²) in [7, 11) is 10.2. The standard InChI is InChI=1S/C77H130N10O14/c1-25-27-28-51(15)68(91)67-65(90)43-55(26-2)72(95)84(21)62(42-54-29-31-56(32-30-54)70(93)79-34-36-101-35-33-78)75(98)82(19)59(38-46(5)6)64(89)44-57(49(11)12)73(96)81(18)58(37-45(3)4)63(88)41-52(16)69(92)80-53(17)71(94)83(20)60(39-47(7)8)74(97)85(22)61(40-48(9)10)76(99)86(23)66(50(13)14)77(100)87(67)24/h25,27,29-32,45-53,55,57-62,66-68,91H,26,28,33-44,78H2,1-24H3,(H,79,93)(H,80,92)/b27-25+/t51-,52-,53-,55-,57+,58+,59+,60+,61+,62?,66+,67-,68-/m1/s1. The molecule has 1 aliphatic rings. The van der Waals surface area contributed by atoms with Crippen LogP contribution in [0.25, 0.3) is 0 Å². The van der Waals surface area contributed by atoms with E-state index in [9.17, 15) is 24.3 Å². The molecule has 24 nitrogen and oxygen atoms in total. The molecule has 0 aromatic heterocycles. The molecule has 1 unspecified atom stereocenters. The second-order valence-electron chi connectivity index (χ2n) is 30.8. The average Bonchev–Trinajstić information content (AvgIpc) is 0.808. The number of carbonyl (C=O) groups excluding carboxylic acids is 12. The maximum atomic E-state index is 15.7. The maximum Gasteiger partial charge on any atom is 0.251 e. The first kappa shape index (κ1) is 90.2. The van der Waals surface area contributed by atoms with Gasteiger partial charge in [0.25, 0.3) is 5.91 Å². The van der Waals surface area contributed by atoms with Gasteiger partial charge in [0.1, 0.15) is 36.3 Å². The average molecular weight is 1420 g/mol. The van der Waals surface area contributed by atoms with Gasteiger partial charge in [-0.3, -0.25) is 57.5 Å². The van der Waals surface area contributed by atoms with Crippen LogP contribution in [0, 0.1) is 59.2 Å². The minimum Gasteiger partial charge on any atom is -0.390 e. The molecule has 1 aromatic rings. The zero-order valence-electron chi connectivity index (χ0n) is 65.8. The Morgan fingerprint density at radius 1 is 0.554 bits per heavy atom. The number of hydrogen-bond acceptors (Lipinski definition) is 15. The van der Waals surface area contributed by atoms with Crippen LogP contribution in [0.2, 0.25) is 0 Å². The predicted molar refractivity (Wildman–Crippen MR) is 393 cm³/mol. The molecule has 9 amide bonds. The second kappa shape index (κ2) is 42.6. The van der Waals surface area contributed by atoms with Crippen LogP contribution in [0.5, 0.6) is 0 Å². The lowest BCUT2D eigenvalue weighted by Crippen LogP contribution is -2.61. The Bertz CT molecular complexity index is 2950. The molecule has 0 saturated carbocycles. The van der Waals surface area contributed by atoms with Crippen molar-refractivity contribution in [1.82, 2.24) is 44.9 Å². The number of likely N-dealkylation sites (N-methyl/N-ethyl adjacent to an activating group) is 7. The molecule has 572 valence electrons. The van der Waals surface area contributed by atoms with E-state index in [0.717, 1.165) is 4.90 Å². The molecule has 0 radical (unpaired) electrons. The van der Waals surface area contributed by atoms with Gasteiger partial charge >= 0.3 is 0 Å². The number of Topliss-reactive ketones (excluding diaryl/α,β-unsaturated/α-hetero) is 3. The van der Waals surface area contributed by atoms with Gasteiger partial charge in [0.05, 0.1) is 31.4 Å². The van der Waals surface area contributed by atoms with Crippen molar-refractivity contribution in [3.8, 4) is 0 Å². The van der Waals surface area contributed by atoms with Crippen LogP contribution < -0.4 is 16.4 Å². The molecule has 1 fully saturated rings. The quantitative estimate of drug-likeness (QED) is 0.0643. The van der Waals surface area contributed by atoms with E-state index in [4.69, 9.17) is 10.5 Å². The van der Waals surface area contributed by atoms with Gasteiger partial charge in [0, 0.05) is 111 Å². The van der Waals surface area contributed by atoms with E-state index in [0.29, 0.717) is 30.7 Å². The summed E-state index contributed by atoms with van der Waals surface area (Å²) >= 11 is 0. The number of nitrogens with zero attached hydrogens (tertiary/aromatic N) is 7. The second-order valence-corrected chi connectivity index (χ2v) is 30.8. The Labute approximate surface area is 604 Å². The number of benzene rings is 1. The third-order valence-corrected chi connectivity index (χ3v) is 19.8. The van der Waals surface area contributed by atoms with Crippen LogP contribution in [0.3, 0.4) is 0 Å². The number of nitrogens with one attached hydrogen (secondary N) is 2. The number of hydrogen-bond donors (Lipinski definition) is 4. The first-order chi connectivity index (χ1) is 47.0. The van der Waals surface area contributed by atoms with E-state index in [-0.39, 0.29) is 94.1 Å². The molecule has 0 spiro atoms. The molecule has 101 heavy (non-hydrogen) atoms. The topological polar surface area (TPSA) is 307 Å². The molecule has 0 bridgehead atoms. The van der Waals surface area contributed by atoms with E-state index >= 15 is 38.4 Å². The number of allylic oxidation sites excluding steroid dienone is 2. The Hall–Kier alpha value is -6.92. The fraction of sp³-hybridized carbons (Fsp3) is 0.740. The highest BCUT2D eigenvalue weighted by atomic mass is 16.5. The maximum absolute atomic E-state index is 15.7. The summed E-state index contributed by atoms with van der Waals surface area (Å²) < 4.78 is 5.41. The van der Waals surface area contributed by atoms with Crippen LogP contribution in [0.4, 0.5) is 0 Å². The number of rotatable bonds is 23. The van der Waals surface area contributed by atoms with Gasteiger partial charge in [-0.15, -0.1) is 0 Å². The first-order valence-electron chi connectivity index (χ1n) is 36.7. The molecule has 5 N–H and O–H groups in total. The number of aliphatic hydroxyl groups is 1. The van der Waals surface area contributed by atoms with Gasteiger partial charge in [-0.2, -0.15) is 0 Å². The van der Waals surface area contributed by atoms with Crippen LogP contribution in [-0.4, -0.2) is 240 Å². The number of ketones is 3. The minimum atomic E-state index is -1.57. The van der Waals surface area contributed by atoms with Crippen LogP contribution in [0.1, 0.15) is 191 Å². The molecular weight excluding hydrogens is 1290 g/mol. The summed E-state index contributed by atoms with van der Waals surface area (Å²) in [6.45, 7) is 31.6. The smallest absolute Gasteiger partial charge is 0.251 e. The third kappa shape index (κ3) is 26.1. The molecule has 1 aliphatic heterocycles. The molecule has 0 aliphatic carbocycles. The first-order valence-corrected chi connectivity index (χ1v) is 36.7. The number of amides is 9. The van der Waals surface area contributed by atoms with E-state index in [1.54, 1.807) is 78.8 Å². The lowest BCUT2D eigenvalue weighted by molar-refractivity contribution is -0.157. The van der Waals surface area contributed by atoms with Gasteiger partial charge in [0.2, 0.25) is 47.3 Å². The summed E-state index contributed by atoms with van der Waals surface area (Å²) in [5, 5.41) is 18.0. The molecule has 2 rings (SSSR count). The summed E-state index contributed by atoms with van der Waals surface area (Å²) in [6, 6.07) is -3.38. The zero-order chi connectivity index (χ0) is 77.4. The van der Waals surface area contributed by atoms with Gasteiger partial charge in [-0.05, 0) is 111 Å². The molecule has 13 atom stereocenters. The Kier molecular flexibility index (Phi) is 38.0. The summed E-state index contributed by atoms with van der Waals surface area (Å²) in [4.78, 5) is 188. The van der Waals surface area contributed by atoms with Crippen molar-refractivity contribution in [3.63, 3.8) is 0 Å². The van der Waals surface area contributed by atoms with E-state index < -0.39 is 161 Å². The van der Waals surface area contributed by atoms with Gasteiger partial charge in [-0.25, -0.2) is 0 Å². The van der Waals surface area contributed by atoms with Crippen molar-refractivity contribution in [2.75, 3.05) is 75.6 Å². The highest BCUT2D eigenvalue weighted by Crippen LogP contribution is 2.30. The third-order valence-electron chi connectivity index (χ3n) is 19.8. The molecule has 1 saturated heterocycles. The van der Waals surface area contributed by atoms with Crippen molar-refractivity contribution >= 4 is 70.5 Å². The lowest BCUT2D eigenvalue weighted by atomic mass is 9.84. The van der Waals surface area contributed by atoms with Crippen LogP contribution in [0.15, 0.2) is 36.4 Å². The number of ether oxygens (including phenoxy) is 1. The van der Waals surface area contributed by atoms with E-state index in [2.05, 4.69) is 10.6 Å². The van der Waals surface area contributed by atoms with Gasteiger partial charge in [0.15, 0.2) is 17.3 Å². The molecule has 24 heteroatoms. The van der Waals surface area contributed by atoms with Crippen molar-refractivity contribution < 1.29 is 67.4 Å². The summed E-state index contributed by atoms with van der Waals surface area (Å²) in [5.74, 6) is -12.2. The SMILES string of the molecule is C/C=C/C[C@@H](C)[C@@H](O)[C@H]1C(=O)C[C@@H](CC)C(=O)N(C)C(Cc2ccc(C(=O)NCCOCCN)cc2)C(=O)N(C)[C@@H](CC(C)C)C(=O)C[C@@H](C(C)C)C(=O)N(C)[C@@H](CC(C)C)C(=O)C[C@@H](C)C(=O)N[C@H](C)C(=O)N(C)[C@@H](CC(C)C)C(=O)N(C)[C@@H](CC(C)C)C(=O)N(C)[C@@H](C(C)C)C(=O)N1C. The number of nitrogens with two attached hydrogens (primary N) is 1. The predicted octanol–water partition coefficient (Wildman–Crippen LogP) is 6.86. The minimum absolute atomic E-state index is 0.0584. The lowest BCUT2D eigenvalue weighted by Gasteiger charge is -2.41. The summed E-state index contributed by atoms with van der Waals surface area (Å²) in [5.41, 5.74) is 6.38. The Morgan fingerprint density at radius 2 is 1.00 bits per heavy atom. The zero-order valence-corrected chi connectivity index (χ0v) is 65.8. The number of aliphatic hydroxyl groups excluding tert-OH is 1. The Morgan fingerprint density at radius 3 is 1.48 bits per heavy atom. The van der Waals surface area contributed by atoms with E-state index in [1.165, 1.54) is 85.7 Å². The monoisotopic (exact) mass is 1420 g/mol. The Balaban J connectivity index is 3.17. The van der Waals surface area contributed by atoms with Gasteiger partial charge in [-0.1, -0.05) is 128 Å². The molecule has 1 aromatic carbocycles. The highest BCUT2D eigenvalue weighted by molar-refractivity contribution is 6.00. The largest absolute Gasteiger partial charge is 0.390 e. The van der Waals surface area contributed by atoms with Crippen molar-refractivity contribution in [3.05, 3.63) is 47.5 Å². The summed E-state index contributed by atoms with van der Waals surface area (Å²) in [6.07, 6.45) is 1.85. The van der Waals surface area contributed by atoms with Crippen LogP contribution >= 0.6 is 0 Å². The molecule has 1 heterocycles. The number of carbonyl (C=O) groups is 12. The van der Waals surface area contributed by atoms with E-state index in [1.807, 2.05) is 68.4 Å². The van der Waals surface area contributed by atoms with Crippen LogP contribution in [-0.2, 0) is 63.9 Å². The fourth-order valence-electron chi connectivity index (χ4n) is 13.4. The van der Waals surface area contributed by atoms with Crippen molar-refractivity contribution in [2.24, 2.45) is 64.9 Å². The van der Waals surface area contributed by atoms with Gasteiger partial charge < -0.3 is 60.5 Å². The van der Waals surface area contributed by atoms with Crippen molar-refractivity contribution in [2.45, 2.75) is 236 Å². The van der Waals surface area contributed by atoms with Crippen molar-refractivity contribution in [1.29, 1.82) is 0 Å². The normalized spacial score (nSPS) is 25.4. The highest BCUT2D eigenvalue weighted by Gasteiger charge is 2.46. The molecular formula is C77H130N10O14.